The van der Waals surface area contributed by atoms with E-state index in [1.54, 1.807) is 14.2 Å². The third-order valence-electron chi connectivity index (χ3n) is 3.89. The smallest absolute Gasteiger partial charge is 0.142 e. The largest absolute Gasteiger partial charge is 0.497 e. The number of likely N-dealkylation sites (N-methyl/N-ethyl adjacent to an activating group) is 1. The van der Waals surface area contributed by atoms with Gasteiger partial charge in [-0.25, -0.2) is 0 Å². The van der Waals surface area contributed by atoms with E-state index in [4.69, 9.17) is 9.47 Å². The van der Waals surface area contributed by atoms with Gasteiger partial charge < -0.3 is 19.3 Å². The van der Waals surface area contributed by atoms with Crippen molar-refractivity contribution in [2.24, 2.45) is 0 Å². The minimum absolute atomic E-state index is 0.825. The Labute approximate surface area is 139 Å². The molecule has 0 amide bonds. The van der Waals surface area contributed by atoms with E-state index < -0.39 is 0 Å². The van der Waals surface area contributed by atoms with Crippen LogP contribution in [0.4, 0.5) is 5.69 Å². The molecule has 0 bridgehead atoms. The molecule has 0 fully saturated rings. The second-order valence-electron chi connectivity index (χ2n) is 6.30. The predicted molar refractivity (Wildman–Crippen MR) is 95.2 cm³/mol. The average Bonchev–Trinajstić information content (AvgIpc) is 2.55. The van der Waals surface area contributed by atoms with E-state index in [1.807, 2.05) is 18.2 Å². The van der Waals surface area contributed by atoms with Gasteiger partial charge in [0.1, 0.15) is 18.0 Å². The molecule has 1 N–H and O–H groups in total. The quantitative estimate of drug-likeness (QED) is 0.758. The molecule has 0 aromatic heterocycles. The highest BCUT2D eigenvalue weighted by Gasteiger charge is 2.15. The normalized spacial score (nSPS) is 11.1. The zero-order valence-corrected chi connectivity index (χ0v) is 14.5. The minimum atomic E-state index is 0.825. The van der Waals surface area contributed by atoms with Crippen LogP contribution < -0.4 is 14.8 Å². The van der Waals surface area contributed by atoms with E-state index in [0.29, 0.717) is 0 Å². The number of ether oxygens (including phenoxy) is 2. The maximum absolute atomic E-state index is 5.40. The van der Waals surface area contributed by atoms with E-state index in [1.165, 1.54) is 5.56 Å². The lowest BCUT2D eigenvalue weighted by atomic mass is 10.2. The van der Waals surface area contributed by atoms with Crippen LogP contribution in [0.25, 0.3) is 0 Å². The molecule has 0 saturated carbocycles. The molecule has 0 radical (unpaired) electrons. The number of nitrogens with zero attached hydrogens (tertiary/aromatic N) is 1. The zero-order valence-electron chi connectivity index (χ0n) is 14.5. The van der Waals surface area contributed by atoms with Gasteiger partial charge >= 0.3 is 0 Å². The number of methoxy groups -OCH3 is 2. The maximum atomic E-state index is 5.40. The number of quaternary nitrogens is 1. The number of hydrogen-bond acceptors (Lipinski definition) is 3. The predicted octanol–water partition coefficient (Wildman–Crippen LogP) is 3.39. The molecule has 0 aliphatic heterocycles. The lowest BCUT2D eigenvalue weighted by Crippen LogP contribution is -2.42. The summed E-state index contributed by atoms with van der Waals surface area (Å²) >= 11 is 0. The monoisotopic (exact) mass is 315 g/mol. The van der Waals surface area contributed by atoms with Crippen LogP contribution in [0.5, 0.6) is 11.5 Å². The number of benzene rings is 2. The molecule has 2 aromatic carbocycles. The Kier molecular flexibility index (Phi) is 5.88. The van der Waals surface area contributed by atoms with Crippen LogP contribution in [-0.2, 0) is 6.54 Å². The van der Waals surface area contributed by atoms with Gasteiger partial charge in [0.2, 0.25) is 0 Å². The van der Waals surface area contributed by atoms with Gasteiger partial charge in [-0.3, -0.25) is 0 Å². The van der Waals surface area contributed by atoms with Gasteiger partial charge in [-0.05, 0) is 12.1 Å². The number of nitrogens with one attached hydrogen (secondary N) is 1. The van der Waals surface area contributed by atoms with Crippen LogP contribution in [0.3, 0.4) is 0 Å². The lowest BCUT2D eigenvalue weighted by Gasteiger charge is -2.30. The highest BCUT2D eigenvalue weighted by atomic mass is 16.5. The first-order chi connectivity index (χ1) is 11.0. The maximum Gasteiger partial charge on any atom is 0.142 e. The molecule has 23 heavy (non-hydrogen) atoms. The van der Waals surface area contributed by atoms with Crippen molar-refractivity contribution >= 4 is 5.69 Å². The molecule has 0 unspecified atom stereocenters. The van der Waals surface area contributed by atoms with Gasteiger partial charge in [-0.1, -0.05) is 30.3 Å². The van der Waals surface area contributed by atoms with Crippen LogP contribution in [-0.4, -0.2) is 45.9 Å². The summed E-state index contributed by atoms with van der Waals surface area (Å²) in [6, 6.07) is 16.4. The van der Waals surface area contributed by atoms with Crippen molar-refractivity contribution in [1.82, 2.24) is 0 Å². The van der Waals surface area contributed by atoms with Crippen LogP contribution in [0.1, 0.15) is 5.56 Å². The van der Waals surface area contributed by atoms with Gasteiger partial charge in [-0.2, -0.15) is 0 Å². The van der Waals surface area contributed by atoms with Gasteiger partial charge in [0, 0.05) is 11.6 Å². The molecular formula is C19H27N2O2+. The Morgan fingerprint density at radius 3 is 2.35 bits per heavy atom. The van der Waals surface area contributed by atoms with Crippen LogP contribution in [0.15, 0.2) is 48.5 Å². The summed E-state index contributed by atoms with van der Waals surface area (Å²) in [6.07, 6.45) is 0. The van der Waals surface area contributed by atoms with E-state index in [9.17, 15) is 0 Å². The van der Waals surface area contributed by atoms with Crippen molar-refractivity contribution in [3.63, 3.8) is 0 Å². The highest BCUT2D eigenvalue weighted by Crippen LogP contribution is 2.28. The van der Waals surface area contributed by atoms with Crippen molar-refractivity contribution in [3.05, 3.63) is 54.1 Å². The van der Waals surface area contributed by atoms with Crippen molar-refractivity contribution in [3.8, 4) is 11.5 Å². The lowest BCUT2D eigenvalue weighted by molar-refractivity contribution is -0.902. The van der Waals surface area contributed by atoms with Gasteiger partial charge in [0.15, 0.2) is 0 Å². The summed E-state index contributed by atoms with van der Waals surface area (Å²) in [5, 5.41) is 3.46. The molecule has 0 atom stereocenters. The van der Waals surface area contributed by atoms with E-state index in [2.05, 4.69) is 49.7 Å². The molecule has 0 saturated heterocycles. The molecule has 124 valence electrons. The molecule has 4 nitrogen and oxygen atoms in total. The fourth-order valence-electron chi connectivity index (χ4n) is 2.60. The summed E-state index contributed by atoms with van der Waals surface area (Å²) in [6.45, 7) is 2.89. The molecule has 0 heterocycles. The highest BCUT2D eigenvalue weighted by molar-refractivity contribution is 5.59. The average molecular weight is 315 g/mol. The topological polar surface area (TPSA) is 30.5 Å². The first kappa shape index (κ1) is 17.2. The van der Waals surface area contributed by atoms with Crippen molar-refractivity contribution in [1.29, 1.82) is 0 Å². The Morgan fingerprint density at radius 2 is 1.70 bits per heavy atom. The van der Waals surface area contributed by atoms with Crippen LogP contribution >= 0.6 is 0 Å². The summed E-state index contributed by atoms with van der Waals surface area (Å²) < 4.78 is 11.6. The van der Waals surface area contributed by atoms with E-state index >= 15 is 0 Å². The molecule has 0 aliphatic rings. The molecule has 2 rings (SSSR count). The third-order valence-corrected chi connectivity index (χ3v) is 3.89. The van der Waals surface area contributed by atoms with Crippen molar-refractivity contribution in [2.75, 3.05) is 46.7 Å². The second kappa shape index (κ2) is 7.88. The summed E-state index contributed by atoms with van der Waals surface area (Å²) in [7, 11) is 7.85. The molecule has 0 spiro atoms. The molecule has 0 aliphatic carbocycles. The van der Waals surface area contributed by atoms with E-state index in [0.717, 1.165) is 41.3 Å². The van der Waals surface area contributed by atoms with Gasteiger partial charge in [0.25, 0.3) is 0 Å². The Balaban J connectivity index is 1.93. The first-order valence-corrected chi connectivity index (χ1v) is 7.86. The standard InChI is InChI=1S/C19H27N2O2/c1-21(2,15-16-8-6-5-7-9-16)13-12-20-18-14-17(22-3)10-11-19(18)23-4/h5-11,14,20H,12-13,15H2,1-4H3/q+1. The van der Waals surface area contributed by atoms with Gasteiger partial charge in [0.05, 0.1) is 47.1 Å². The fourth-order valence-corrected chi connectivity index (χ4v) is 2.60. The molecular weight excluding hydrogens is 288 g/mol. The van der Waals surface area contributed by atoms with Crippen molar-refractivity contribution in [2.45, 2.75) is 6.54 Å². The number of hydrogen-bond donors (Lipinski definition) is 1. The SMILES string of the molecule is COc1ccc(OC)c(NCC[N+](C)(C)Cc2ccccc2)c1. The fraction of sp³-hybridized carbons (Fsp3) is 0.368. The summed E-state index contributed by atoms with van der Waals surface area (Å²) in [5.74, 6) is 1.66. The Bertz CT molecular complexity index is 612. The summed E-state index contributed by atoms with van der Waals surface area (Å²) in [5.41, 5.74) is 2.32. The molecule has 2 aromatic rings. The van der Waals surface area contributed by atoms with E-state index in [-0.39, 0.29) is 0 Å². The van der Waals surface area contributed by atoms with Crippen LogP contribution in [0, 0.1) is 0 Å². The van der Waals surface area contributed by atoms with Gasteiger partial charge in [-0.15, -0.1) is 0 Å². The minimum Gasteiger partial charge on any atom is -0.497 e. The zero-order chi connectivity index (χ0) is 16.7. The number of rotatable bonds is 8. The Hall–Kier alpha value is -2.20. The number of anilines is 1. The summed E-state index contributed by atoms with van der Waals surface area (Å²) in [4.78, 5) is 0. The van der Waals surface area contributed by atoms with Crippen molar-refractivity contribution < 1.29 is 14.0 Å². The first-order valence-electron chi connectivity index (χ1n) is 7.86. The molecule has 4 heteroatoms. The van der Waals surface area contributed by atoms with Crippen LogP contribution in [0.2, 0.25) is 0 Å². The second-order valence-corrected chi connectivity index (χ2v) is 6.30. The Morgan fingerprint density at radius 1 is 0.957 bits per heavy atom. The third kappa shape index (κ3) is 5.18.